The molecular formula is C29H32O2. The van der Waals surface area contributed by atoms with E-state index in [0.29, 0.717) is 11.5 Å². The first-order valence-corrected chi connectivity index (χ1v) is 11.4. The van der Waals surface area contributed by atoms with Gasteiger partial charge >= 0.3 is 5.97 Å². The molecule has 0 unspecified atom stereocenters. The van der Waals surface area contributed by atoms with Gasteiger partial charge in [-0.1, -0.05) is 100.0 Å². The van der Waals surface area contributed by atoms with Crippen molar-refractivity contribution in [3.05, 3.63) is 89.5 Å². The molecule has 1 aliphatic carbocycles. The maximum absolute atomic E-state index is 12.4. The molecule has 0 radical (unpaired) electrons. The third-order valence-electron chi connectivity index (χ3n) is 7.30. The molecule has 0 heterocycles. The monoisotopic (exact) mass is 412 g/mol. The summed E-state index contributed by atoms with van der Waals surface area (Å²) < 4.78 is 0. The highest BCUT2D eigenvalue weighted by molar-refractivity contribution is 5.93. The van der Waals surface area contributed by atoms with Gasteiger partial charge in [-0.3, -0.25) is 0 Å². The lowest BCUT2D eigenvalue weighted by molar-refractivity contribution is -0.133. The first kappa shape index (κ1) is 21.4. The molecule has 0 aliphatic heterocycles. The van der Waals surface area contributed by atoms with E-state index in [9.17, 15) is 9.90 Å². The van der Waals surface area contributed by atoms with Crippen LogP contribution < -0.4 is 0 Å². The fourth-order valence-corrected chi connectivity index (χ4v) is 5.45. The summed E-state index contributed by atoms with van der Waals surface area (Å²) >= 11 is 0. The number of carboxylic acids is 1. The first-order chi connectivity index (χ1) is 14.9. The van der Waals surface area contributed by atoms with Crippen LogP contribution in [0.2, 0.25) is 0 Å². The van der Waals surface area contributed by atoms with Crippen molar-refractivity contribution in [2.24, 2.45) is 17.8 Å². The van der Waals surface area contributed by atoms with Crippen molar-refractivity contribution >= 4 is 22.8 Å². The summed E-state index contributed by atoms with van der Waals surface area (Å²) in [6.07, 6.45) is 5.02. The Labute approximate surface area is 185 Å². The Hall–Kier alpha value is -2.87. The van der Waals surface area contributed by atoms with Crippen LogP contribution in [0.1, 0.15) is 51.2 Å². The predicted octanol–water partition coefficient (Wildman–Crippen LogP) is 7.34. The van der Waals surface area contributed by atoms with Gasteiger partial charge in [0.25, 0.3) is 0 Å². The van der Waals surface area contributed by atoms with Gasteiger partial charge in [-0.05, 0) is 64.0 Å². The number of carbonyl (C=O) groups is 1. The van der Waals surface area contributed by atoms with E-state index in [2.05, 4.69) is 63.2 Å². The third-order valence-corrected chi connectivity index (χ3v) is 7.30. The standard InChI is InChI=1S/C29H32O2/c1-20-13-16-27(25(17-20)26(28(30)31)18-21-9-5-4-6-10-21)29(2,3)24-15-14-22-11-7-8-12-23(22)19-24/h4-12,14-15,18-20,25,27H,13,16-17H2,1-3H3,(H,30,31)/t20-,25+,27+/m1/s1. The second kappa shape index (κ2) is 8.70. The molecule has 160 valence electrons. The zero-order chi connectivity index (χ0) is 22.0. The lowest BCUT2D eigenvalue weighted by atomic mass is 9.59. The molecule has 0 saturated heterocycles. The summed E-state index contributed by atoms with van der Waals surface area (Å²) in [5, 5.41) is 12.7. The minimum atomic E-state index is -0.790. The summed E-state index contributed by atoms with van der Waals surface area (Å²) in [5.74, 6) is 0.0493. The lowest BCUT2D eigenvalue weighted by Gasteiger charge is -2.45. The maximum atomic E-state index is 12.4. The molecule has 3 aromatic rings. The molecule has 4 rings (SSSR count). The molecule has 0 aromatic heterocycles. The van der Waals surface area contributed by atoms with Crippen molar-refractivity contribution in [3.8, 4) is 0 Å². The molecule has 0 spiro atoms. The molecule has 1 N–H and O–H groups in total. The Morgan fingerprint density at radius 3 is 2.32 bits per heavy atom. The van der Waals surface area contributed by atoms with Crippen LogP contribution in [0.3, 0.4) is 0 Å². The molecule has 1 saturated carbocycles. The number of rotatable bonds is 5. The highest BCUT2D eigenvalue weighted by Crippen LogP contribution is 2.48. The minimum absolute atomic E-state index is 0.0305. The van der Waals surface area contributed by atoms with Gasteiger partial charge in [0.15, 0.2) is 0 Å². The molecule has 3 aromatic carbocycles. The second-order valence-corrected chi connectivity index (χ2v) is 9.73. The number of fused-ring (bicyclic) bond motifs is 1. The molecule has 1 fully saturated rings. The highest BCUT2D eigenvalue weighted by atomic mass is 16.4. The van der Waals surface area contributed by atoms with E-state index >= 15 is 0 Å². The largest absolute Gasteiger partial charge is 0.478 e. The summed E-state index contributed by atoms with van der Waals surface area (Å²) in [5.41, 5.74) is 2.68. The SMILES string of the molecule is C[C@@H]1CC[C@H](C(C)(C)c2ccc3ccccc3c2)[C@H](C(=Cc2ccccc2)C(=O)O)C1. The first-order valence-electron chi connectivity index (χ1n) is 11.4. The number of hydrogen-bond acceptors (Lipinski definition) is 1. The van der Waals surface area contributed by atoms with Crippen LogP contribution >= 0.6 is 0 Å². The fourth-order valence-electron chi connectivity index (χ4n) is 5.45. The lowest BCUT2D eigenvalue weighted by Crippen LogP contribution is -2.40. The topological polar surface area (TPSA) is 37.3 Å². The van der Waals surface area contributed by atoms with Crippen molar-refractivity contribution in [1.82, 2.24) is 0 Å². The Kier molecular flexibility index (Phi) is 6.00. The highest BCUT2D eigenvalue weighted by Gasteiger charge is 2.42. The van der Waals surface area contributed by atoms with E-state index in [1.165, 1.54) is 16.3 Å². The molecule has 0 bridgehead atoms. The van der Waals surface area contributed by atoms with Crippen molar-refractivity contribution in [2.75, 3.05) is 0 Å². The summed E-state index contributed by atoms with van der Waals surface area (Å²) in [4.78, 5) is 12.4. The van der Waals surface area contributed by atoms with Crippen molar-refractivity contribution in [2.45, 2.75) is 45.4 Å². The molecular weight excluding hydrogens is 380 g/mol. The zero-order valence-corrected chi connectivity index (χ0v) is 18.7. The van der Waals surface area contributed by atoms with Crippen LogP contribution in [0.15, 0.2) is 78.4 Å². The van der Waals surface area contributed by atoms with Crippen LogP contribution in [0.25, 0.3) is 16.8 Å². The van der Waals surface area contributed by atoms with Gasteiger partial charge in [-0.15, -0.1) is 0 Å². The molecule has 2 nitrogen and oxygen atoms in total. The number of aliphatic carboxylic acids is 1. The minimum Gasteiger partial charge on any atom is -0.478 e. The molecule has 31 heavy (non-hydrogen) atoms. The summed E-state index contributed by atoms with van der Waals surface area (Å²) in [6, 6.07) is 25.0. The Balaban J connectivity index is 1.76. The van der Waals surface area contributed by atoms with Crippen LogP contribution in [-0.2, 0) is 10.2 Å². The smallest absolute Gasteiger partial charge is 0.331 e. The second-order valence-electron chi connectivity index (χ2n) is 9.73. The van der Waals surface area contributed by atoms with E-state index < -0.39 is 5.97 Å². The number of carboxylic acid groups (broad SMARTS) is 1. The van der Waals surface area contributed by atoms with Gasteiger partial charge < -0.3 is 5.11 Å². The maximum Gasteiger partial charge on any atom is 0.331 e. The average molecular weight is 413 g/mol. The zero-order valence-electron chi connectivity index (χ0n) is 18.7. The molecule has 3 atom stereocenters. The van der Waals surface area contributed by atoms with E-state index in [1.807, 2.05) is 36.4 Å². The fraction of sp³-hybridized carbons (Fsp3) is 0.345. The van der Waals surface area contributed by atoms with Crippen LogP contribution in [0.5, 0.6) is 0 Å². The third kappa shape index (κ3) is 4.44. The molecule has 1 aliphatic rings. The Morgan fingerprint density at radius 1 is 0.935 bits per heavy atom. The molecule has 2 heteroatoms. The van der Waals surface area contributed by atoms with Gasteiger partial charge in [0, 0.05) is 5.57 Å². The Morgan fingerprint density at radius 2 is 1.61 bits per heavy atom. The molecule has 0 amide bonds. The Bertz CT molecular complexity index is 1090. The van der Waals surface area contributed by atoms with Gasteiger partial charge in [0.1, 0.15) is 0 Å². The van der Waals surface area contributed by atoms with Gasteiger partial charge in [0.2, 0.25) is 0 Å². The van der Waals surface area contributed by atoms with Crippen LogP contribution in [0, 0.1) is 17.8 Å². The van der Waals surface area contributed by atoms with Crippen molar-refractivity contribution in [1.29, 1.82) is 0 Å². The average Bonchev–Trinajstić information content (AvgIpc) is 2.77. The summed E-state index contributed by atoms with van der Waals surface area (Å²) in [6.45, 7) is 6.85. The number of hydrogen-bond donors (Lipinski definition) is 1. The van der Waals surface area contributed by atoms with Gasteiger partial charge in [-0.25, -0.2) is 4.79 Å². The predicted molar refractivity (Wildman–Crippen MR) is 129 cm³/mol. The van der Waals surface area contributed by atoms with Gasteiger partial charge in [-0.2, -0.15) is 0 Å². The van der Waals surface area contributed by atoms with E-state index in [4.69, 9.17) is 0 Å². The van der Waals surface area contributed by atoms with E-state index in [1.54, 1.807) is 0 Å². The summed E-state index contributed by atoms with van der Waals surface area (Å²) in [7, 11) is 0. The quantitative estimate of drug-likeness (QED) is 0.445. The van der Waals surface area contributed by atoms with Crippen molar-refractivity contribution in [3.63, 3.8) is 0 Å². The normalized spacial score (nSPS) is 22.4. The van der Waals surface area contributed by atoms with Gasteiger partial charge in [0.05, 0.1) is 0 Å². The number of benzene rings is 3. The van der Waals surface area contributed by atoms with E-state index in [-0.39, 0.29) is 17.3 Å². The van der Waals surface area contributed by atoms with Crippen LogP contribution in [-0.4, -0.2) is 11.1 Å². The van der Waals surface area contributed by atoms with E-state index in [0.717, 1.165) is 24.8 Å². The van der Waals surface area contributed by atoms with Crippen LogP contribution in [0.4, 0.5) is 0 Å². The van der Waals surface area contributed by atoms with Crippen molar-refractivity contribution < 1.29 is 9.90 Å².